The standard InChI is InChI=1S/C13H25N3O2/c1-9-6-5-7-10(8-9)16(4)12(17)13(2,3)11(14)15-18/h9-10,18H,5-8H2,1-4H3,(H2,14,15). The first-order valence-corrected chi connectivity index (χ1v) is 6.56. The van der Waals surface area contributed by atoms with Gasteiger partial charge in [0.1, 0.15) is 5.41 Å². The molecule has 0 heterocycles. The number of hydrogen-bond acceptors (Lipinski definition) is 3. The Morgan fingerprint density at radius 3 is 2.56 bits per heavy atom. The molecule has 1 saturated carbocycles. The van der Waals surface area contributed by atoms with Gasteiger partial charge >= 0.3 is 0 Å². The second kappa shape index (κ2) is 5.59. The van der Waals surface area contributed by atoms with E-state index in [2.05, 4.69) is 12.1 Å². The maximum atomic E-state index is 12.4. The molecule has 2 unspecified atom stereocenters. The van der Waals surface area contributed by atoms with Crippen LogP contribution in [0.5, 0.6) is 0 Å². The van der Waals surface area contributed by atoms with Gasteiger partial charge in [0.15, 0.2) is 5.84 Å². The highest BCUT2D eigenvalue weighted by Gasteiger charge is 2.38. The van der Waals surface area contributed by atoms with Crippen molar-refractivity contribution in [1.29, 1.82) is 0 Å². The lowest BCUT2D eigenvalue weighted by Crippen LogP contribution is -2.50. The highest BCUT2D eigenvalue weighted by atomic mass is 16.4. The molecule has 0 aromatic heterocycles. The number of amides is 1. The molecule has 2 atom stereocenters. The maximum Gasteiger partial charge on any atom is 0.235 e. The highest BCUT2D eigenvalue weighted by molar-refractivity contribution is 6.05. The van der Waals surface area contributed by atoms with Crippen molar-refractivity contribution in [3.63, 3.8) is 0 Å². The van der Waals surface area contributed by atoms with Crippen molar-refractivity contribution in [3.05, 3.63) is 0 Å². The Kier molecular flexibility index (Phi) is 4.59. The number of rotatable bonds is 3. The van der Waals surface area contributed by atoms with Crippen LogP contribution in [0.15, 0.2) is 5.16 Å². The Morgan fingerprint density at radius 1 is 1.44 bits per heavy atom. The quantitative estimate of drug-likeness (QED) is 0.349. The van der Waals surface area contributed by atoms with Crippen molar-refractivity contribution < 1.29 is 10.0 Å². The van der Waals surface area contributed by atoms with E-state index in [1.807, 2.05) is 7.05 Å². The van der Waals surface area contributed by atoms with Crippen LogP contribution in [-0.4, -0.2) is 34.9 Å². The number of nitrogens with zero attached hydrogens (tertiary/aromatic N) is 2. The van der Waals surface area contributed by atoms with Gasteiger partial charge in [0.25, 0.3) is 0 Å². The number of carbonyl (C=O) groups is 1. The van der Waals surface area contributed by atoms with E-state index in [4.69, 9.17) is 10.9 Å². The fourth-order valence-corrected chi connectivity index (χ4v) is 2.60. The predicted octanol–water partition coefficient (Wildman–Crippen LogP) is 1.80. The van der Waals surface area contributed by atoms with Crippen LogP contribution in [0.3, 0.4) is 0 Å². The van der Waals surface area contributed by atoms with Crippen LogP contribution in [0.1, 0.15) is 46.5 Å². The van der Waals surface area contributed by atoms with Crippen LogP contribution < -0.4 is 5.73 Å². The van der Waals surface area contributed by atoms with E-state index in [1.165, 1.54) is 6.42 Å². The first-order chi connectivity index (χ1) is 8.30. The SMILES string of the molecule is CC1CCCC(N(C)C(=O)C(C)(C)C(N)=NO)C1. The van der Waals surface area contributed by atoms with Crippen LogP contribution >= 0.6 is 0 Å². The van der Waals surface area contributed by atoms with Crippen molar-refractivity contribution >= 4 is 11.7 Å². The Balaban J connectivity index is 2.77. The molecule has 18 heavy (non-hydrogen) atoms. The first-order valence-electron chi connectivity index (χ1n) is 6.56. The van der Waals surface area contributed by atoms with Crippen molar-refractivity contribution in [2.24, 2.45) is 22.2 Å². The largest absolute Gasteiger partial charge is 0.409 e. The van der Waals surface area contributed by atoms with Gasteiger partial charge in [-0.3, -0.25) is 4.79 Å². The molecule has 0 aliphatic heterocycles. The number of oxime groups is 1. The number of hydrogen-bond donors (Lipinski definition) is 2. The van der Waals surface area contributed by atoms with Gasteiger partial charge < -0.3 is 15.8 Å². The summed E-state index contributed by atoms with van der Waals surface area (Å²) in [5.74, 6) is 0.533. The maximum absolute atomic E-state index is 12.4. The van der Waals surface area contributed by atoms with Gasteiger partial charge in [0.05, 0.1) is 0 Å². The molecule has 0 spiro atoms. The van der Waals surface area contributed by atoms with Crippen molar-refractivity contribution in [2.75, 3.05) is 7.05 Å². The molecule has 0 aromatic rings. The zero-order valence-corrected chi connectivity index (χ0v) is 11.8. The molecule has 1 rings (SSSR count). The van der Waals surface area contributed by atoms with Gasteiger partial charge in [-0.15, -0.1) is 0 Å². The summed E-state index contributed by atoms with van der Waals surface area (Å²) < 4.78 is 0. The molecule has 1 aliphatic carbocycles. The summed E-state index contributed by atoms with van der Waals surface area (Å²) in [6, 6.07) is 0.270. The summed E-state index contributed by atoms with van der Waals surface area (Å²) in [6.45, 7) is 5.60. The van der Waals surface area contributed by atoms with Gasteiger partial charge in [0, 0.05) is 13.1 Å². The Hall–Kier alpha value is -1.26. The average molecular weight is 255 g/mol. The molecule has 0 aromatic carbocycles. The smallest absolute Gasteiger partial charge is 0.235 e. The number of carbonyl (C=O) groups excluding carboxylic acids is 1. The van der Waals surface area contributed by atoms with E-state index in [1.54, 1.807) is 18.7 Å². The van der Waals surface area contributed by atoms with Gasteiger partial charge in [-0.2, -0.15) is 0 Å². The van der Waals surface area contributed by atoms with Gasteiger partial charge in [0.2, 0.25) is 5.91 Å². The molecule has 5 heteroatoms. The third-order valence-corrected chi connectivity index (χ3v) is 4.06. The molecule has 3 N–H and O–H groups in total. The summed E-state index contributed by atoms with van der Waals surface area (Å²) in [5.41, 5.74) is 4.64. The fourth-order valence-electron chi connectivity index (χ4n) is 2.60. The van der Waals surface area contributed by atoms with Crippen LogP contribution in [-0.2, 0) is 4.79 Å². The number of amidine groups is 1. The lowest BCUT2D eigenvalue weighted by Gasteiger charge is -2.37. The zero-order valence-electron chi connectivity index (χ0n) is 11.8. The minimum absolute atomic E-state index is 0.0387. The fraction of sp³-hybridized carbons (Fsp3) is 0.846. The second-order valence-electron chi connectivity index (χ2n) is 5.95. The topological polar surface area (TPSA) is 78.9 Å². The van der Waals surface area contributed by atoms with Crippen LogP contribution in [0.4, 0.5) is 0 Å². The van der Waals surface area contributed by atoms with E-state index >= 15 is 0 Å². The summed E-state index contributed by atoms with van der Waals surface area (Å²) in [5, 5.41) is 11.7. The van der Waals surface area contributed by atoms with Gasteiger partial charge in [-0.05, 0) is 32.6 Å². The van der Waals surface area contributed by atoms with Crippen LogP contribution in [0.2, 0.25) is 0 Å². The highest BCUT2D eigenvalue weighted by Crippen LogP contribution is 2.29. The molecule has 5 nitrogen and oxygen atoms in total. The summed E-state index contributed by atoms with van der Waals surface area (Å²) in [6.07, 6.45) is 4.48. The summed E-state index contributed by atoms with van der Waals surface area (Å²) >= 11 is 0. The third kappa shape index (κ3) is 2.94. The van der Waals surface area contributed by atoms with Crippen molar-refractivity contribution in [3.8, 4) is 0 Å². The van der Waals surface area contributed by atoms with E-state index in [0.29, 0.717) is 5.92 Å². The third-order valence-electron chi connectivity index (χ3n) is 4.06. The van der Waals surface area contributed by atoms with Crippen LogP contribution in [0.25, 0.3) is 0 Å². The van der Waals surface area contributed by atoms with Crippen molar-refractivity contribution in [2.45, 2.75) is 52.5 Å². The molecule has 0 saturated heterocycles. The molecule has 1 amide bonds. The molecular formula is C13H25N3O2. The lowest BCUT2D eigenvalue weighted by atomic mass is 9.84. The van der Waals surface area contributed by atoms with Crippen molar-refractivity contribution in [1.82, 2.24) is 4.90 Å². The van der Waals surface area contributed by atoms with E-state index in [-0.39, 0.29) is 17.8 Å². The number of nitrogens with two attached hydrogens (primary N) is 1. The molecule has 1 aliphatic rings. The molecule has 0 radical (unpaired) electrons. The second-order valence-corrected chi connectivity index (χ2v) is 5.95. The lowest BCUT2D eigenvalue weighted by molar-refractivity contribution is -0.138. The minimum Gasteiger partial charge on any atom is -0.409 e. The Bertz CT molecular complexity index is 339. The van der Waals surface area contributed by atoms with E-state index in [0.717, 1.165) is 19.3 Å². The Labute approximate surface area is 109 Å². The molecule has 104 valence electrons. The summed E-state index contributed by atoms with van der Waals surface area (Å²) in [4.78, 5) is 14.2. The molecule has 0 bridgehead atoms. The predicted molar refractivity (Wildman–Crippen MR) is 71.4 cm³/mol. The first kappa shape index (κ1) is 14.8. The normalized spacial score (nSPS) is 25.9. The Morgan fingerprint density at radius 2 is 2.06 bits per heavy atom. The van der Waals surface area contributed by atoms with E-state index < -0.39 is 5.41 Å². The summed E-state index contributed by atoms with van der Waals surface area (Å²) in [7, 11) is 1.82. The molecular weight excluding hydrogens is 230 g/mol. The minimum atomic E-state index is -0.954. The molecule has 1 fully saturated rings. The van der Waals surface area contributed by atoms with E-state index in [9.17, 15) is 4.79 Å². The van der Waals surface area contributed by atoms with Gasteiger partial charge in [-0.25, -0.2) is 0 Å². The monoisotopic (exact) mass is 255 g/mol. The zero-order chi connectivity index (χ0) is 13.9. The average Bonchev–Trinajstić information content (AvgIpc) is 2.35. The van der Waals surface area contributed by atoms with Gasteiger partial charge in [-0.1, -0.05) is 24.9 Å². The van der Waals surface area contributed by atoms with Crippen LogP contribution in [0, 0.1) is 11.3 Å².